The van der Waals surface area contributed by atoms with Crippen LogP contribution >= 0.6 is 34.4 Å². The van der Waals surface area contributed by atoms with Crippen molar-refractivity contribution in [3.63, 3.8) is 0 Å². The van der Waals surface area contributed by atoms with Crippen LogP contribution in [0.15, 0.2) is 29.4 Å². The fourth-order valence-electron chi connectivity index (χ4n) is 2.01. The Labute approximate surface area is 141 Å². The van der Waals surface area contributed by atoms with Gasteiger partial charge >= 0.3 is 0 Å². The number of nitrogens with one attached hydrogen (secondary N) is 1. The Morgan fingerprint density at radius 2 is 2.10 bits per heavy atom. The molecule has 110 valence electrons. The number of rotatable bonds is 5. The van der Waals surface area contributed by atoms with E-state index in [9.17, 15) is 4.79 Å². The molecule has 1 aromatic heterocycles. The molecule has 21 heavy (non-hydrogen) atoms. The summed E-state index contributed by atoms with van der Waals surface area (Å²) in [6.07, 6.45) is 2.40. The highest BCUT2D eigenvalue weighted by atomic mass is 127. The fraction of sp³-hybridized carbons (Fsp3) is 0.357. The van der Waals surface area contributed by atoms with Gasteiger partial charge in [0.1, 0.15) is 5.82 Å². The van der Waals surface area contributed by atoms with Crippen molar-refractivity contribution in [3.8, 4) is 0 Å². The van der Waals surface area contributed by atoms with Gasteiger partial charge in [-0.25, -0.2) is 0 Å². The van der Waals surface area contributed by atoms with Crippen molar-refractivity contribution in [3.05, 3.63) is 33.7 Å². The van der Waals surface area contributed by atoms with E-state index in [0.29, 0.717) is 11.7 Å². The molecule has 2 aromatic rings. The van der Waals surface area contributed by atoms with Gasteiger partial charge in [-0.15, -0.1) is 10.2 Å². The summed E-state index contributed by atoms with van der Waals surface area (Å²) < 4.78 is 3.15. The number of benzene rings is 1. The van der Waals surface area contributed by atoms with E-state index in [0.717, 1.165) is 20.2 Å². The van der Waals surface area contributed by atoms with Gasteiger partial charge in [0.15, 0.2) is 5.16 Å². The monoisotopic (exact) mass is 414 g/mol. The zero-order chi connectivity index (χ0) is 14.8. The van der Waals surface area contributed by atoms with E-state index in [2.05, 4.69) is 38.1 Å². The second kappa shape index (κ2) is 6.35. The molecule has 1 aliphatic carbocycles. The number of carbonyl (C=O) groups excluding carboxylic acids is 1. The highest BCUT2D eigenvalue weighted by molar-refractivity contribution is 14.1. The Kier molecular flexibility index (Phi) is 4.48. The summed E-state index contributed by atoms with van der Waals surface area (Å²) in [6, 6.07) is 7.73. The molecule has 1 amide bonds. The van der Waals surface area contributed by atoms with Crippen molar-refractivity contribution in [1.82, 2.24) is 14.8 Å². The van der Waals surface area contributed by atoms with Gasteiger partial charge in [0, 0.05) is 22.2 Å². The Morgan fingerprint density at radius 3 is 2.76 bits per heavy atom. The summed E-state index contributed by atoms with van der Waals surface area (Å²) in [6.45, 7) is 0. The molecule has 3 rings (SSSR count). The number of thioether (sulfide) groups is 1. The molecular weight excluding hydrogens is 399 g/mol. The maximum Gasteiger partial charge on any atom is 0.234 e. The van der Waals surface area contributed by atoms with Crippen LogP contribution < -0.4 is 5.32 Å². The Balaban J connectivity index is 1.54. The number of hydrogen-bond donors (Lipinski definition) is 1. The summed E-state index contributed by atoms with van der Waals surface area (Å²) in [5.74, 6) is 1.91. The van der Waals surface area contributed by atoms with Gasteiger partial charge in [-0.05, 0) is 59.7 Å². The standard InChI is InChI=1S/C14H15IN4OS/c1-19-13(9-2-3-9)17-18-14(19)21-8-12(20)16-11-6-4-10(15)5-7-11/h4-7,9H,2-3,8H2,1H3,(H,16,20). The Bertz CT molecular complexity index is 651. The largest absolute Gasteiger partial charge is 0.325 e. The van der Waals surface area contributed by atoms with E-state index in [4.69, 9.17) is 0 Å². The van der Waals surface area contributed by atoms with Gasteiger partial charge in [-0.3, -0.25) is 4.79 Å². The molecule has 0 atom stereocenters. The van der Waals surface area contributed by atoms with E-state index in [1.807, 2.05) is 35.9 Å². The molecular formula is C14H15IN4OS. The first-order chi connectivity index (χ1) is 10.1. The maximum absolute atomic E-state index is 11.9. The van der Waals surface area contributed by atoms with Gasteiger partial charge < -0.3 is 9.88 Å². The van der Waals surface area contributed by atoms with E-state index >= 15 is 0 Å². The molecule has 0 saturated heterocycles. The van der Waals surface area contributed by atoms with Gasteiger partial charge in [-0.1, -0.05) is 11.8 Å². The van der Waals surface area contributed by atoms with E-state index < -0.39 is 0 Å². The molecule has 0 spiro atoms. The molecule has 1 fully saturated rings. The average molecular weight is 414 g/mol. The third-order valence-corrected chi connectivity index (χ3v) is 5.01. The number of hydrogen-bond acceptors (Lipinski definition) is 4. The minimum atomic E-state index is -0.0304. The number of halogens is 1. The number of amides is 1. The molecule has 1 saturated carbocycles. The van der Waals surface area contributed by atoms with E-state index in [-0.39, 0.29) is 5.91 Å². The molecule has 1 heterocycles. The maximum atomic E-state index is 11.9. The highest BCUT2D eigenvalue weighted by Gasteiger charge is 2.29. The molecule has 0 aliphatic heterocycles. The Morgan fingerprint density at radius 1 is 1.38 bits per heavy atom. The molecule has 1 N–H and O–H groups in total. The van der Waals surface area contributed by atoms with Gasteiger partial charge in [0.05, 0.1) is 5.75 Å². The lowest BCUT2D eigenvalue weighted by Gasteiger charge is -2.05. The average Bonchev–Trinajstić information content (AvgIpc) is 3.24. The molecule has 5 nitrogen and oxygen atoms in total. The van der Waals surface area contributed by atoms with Crippen molar-refractivity contribution in [2.75, 3.05) is 11.1 Å². The topological polar surface area (TPSA) is 59.8 Å². The van der Waals surface area contributed by atoms with Crippen molar-refractivity contribution < 1.29 is 4.79 Å². The van der Waals surface area contributed by atoms with Crippen LogP contribution in [0.2, 0.25) is 0 Å². The second-order valence-corrected chi connectivity index (χ2v) is 7.21. The summed E-state index contributed by atoms with van der Waals surface area (Å²) in [5.41, 5.74) is 0.817. The first-order valence-corrected chi connectivity index (χ1v) is 8.77. The highest BCUT2D eigenvalue weighted by Crippen LogP contribution is 2.39. The lowest BCUT2D eigenvalue weighted by Crippen LogP contribution is -2.14. The lowest BCUT2D eigenvalue weighted by atomic mass is 10.3. The quantitative estimate of drug-likeness (QED) is 0.604. The molecule has 7 heteroatoms. The second-order valence-electron chi connectivity index (χ2n) is 5.02. The number of aromatic nitrogens is 3. The van der Waals surface area contributed by atoms with E-state index in [1.165, 1.54) is 24.6 Å². The predicted octanol–water partition coefficient (Wildman–Crippen LogP) is 3.03. The predicted molar refractivity (Wildman–Crippen MR) is 91.5 cm³/mol. The zero-order valence-corrected chi connectivity index (χ0v) is 14.5. The number of carbonyl (C=O) groups is 1. The van der Waals surface area contributed by atoms with Crippen LogP contribution in [-0.4, -0.2) is 26.4 Å². The molecule has 0 unspecified atom stereocenters. The molecule has 1 aliphatic rings. The van der Waals surface area contributed by atoms with Gasteiger partial charge in [0.2, 0.25) is 5.91 Å². The van der Waals surface area contributed by atoms with Crippen molar-refractivity contribution >= 4 is 45.9 Å². The minimum Gasteiger partial charge on any atom is -0.325 e. The Hall–Kier alpha value is -1.09. The zero-order valence-electron chi connectivity index (χ0n) is 11.5. The van der Waals surface area contributed by atoms with Gasteiger partial charge in [-0.2, -0.15) is 0 Å². The van der Waals surface area contributed by atoms with Gasteiger partial charge in [0.25, 0.3) is 0 Å². The SMILES string of the molecule is Cn1c(SCC(=O)Nc2ccc(I)cc2)nnc1C1CC1. The summed E-state index contributed by atoms with van der Waals surface area (Å²) in [4.78, 5) is 11.9. The molecule has 0 bridgehead atoms. The molecule has 0 radical (unpaired) electrons. The fourth-order valence-corrected chi connectivity index (χ4v) is 3.09. The normalized spacial score (nSPS) is 14.2. The summed E-state index contributed by atoms with van der Waals surface area (Å²) in [5, 5.41) is 12.1. The summed E-state index contributed by atoms with van der Waals surface area (Å²) in [7, 11) is 1.97. The van der Waals surface area contributed by atoms with Crippen LogP contribution in [-0.2, 0) is 11.8 Å². The number of anilines is 1. The smallest absolute Gasteiger partial charge is 0.234 e. The van der Waals surface area contributed by atoms with Crippen molar-refractivity contribution in [2.24, 2.45) is 7.05 Å². The van der Waals surface area contributed by atoms with E-state index in [1.54, 1.807) is 0 Å². The van der Waals surface area contributed by atoms with Crippen LogP contribution in [0.25, 0.3) is 0 Å². The third kappa shape index (κ3) is 3.76. The van der Waals surface area contributed by atoms with Crippen LogP contribution in [0.4, 0.5) is 5.69 Å². The first-order valence-electron chi connectivity index (χ1n) is 6.71. The first kappa shape index (κ1) is 14.8. The van der Waals surface area contributed by atoms with Crippen LogP contribution in [0.3, 0.4) is 0 Å². The number of nitrogens with zero attached hydrogens (tertiary/aromatic N) is 3. The van der Waals surface area contributed by atoms with Crippen LogP contribution in [0.5, 0.6) is 0 Å². The van der Waals surface area contributed by atoms with Crippen LogP contribution in [0, 0.1) is 3.57 Å². The lowest BCUT2D eigenvalue weighted by molar-refractivity contribution is -0.113. The molecule has 1 aromatic carbocycles. The van der Waals surface area contributed by atoms with Crippen molar-refractivity contribution in [1.29, 1.82) is 0 Å². The van der Waals surface area contributed by atoms with Crippen molar-refractivity contribution in [2.45, 2.75) is 23.9 Å². The van der Waals surface area contributed by atoms with Crippen LogP contribution in [0.1, 0.15) is 24.6 Å². The summed E-state index contributed by atoms with van der Waals surface area (Å²) >= 11 is 3.66. The third-order valence-electron chi connectivity index (χ3n) is 3.27. The minimum absolute atomic E-state index is 0.0304.